The summed E-state index contributed by atoms with van der Waals surface area (Å²) in [4.78, 5) is 1.24. The van der Waals surface area contributed by atoms with E-state index in [-0.39, 0.29) is 0 Å². The van der Waals surface area contributed by atoms with E-state index in [0.717, 1.165) is 35.5 Å². The fourth-order valence-corrected chi connectivity index (χ4v) is 3.58. The fraction of sp³-hybridized carbons (Fsp3) is 0.280. The first-order valence-electron chi connectivity index (χ1n) is 10.0. The van der Waals surface area contributed by atoms with Crippen molar-refractivity contribution in [1.82, 2.24) is 0 Å². The molecule has 148 valence electrons. The standard InChI is InChI=1S/C25H32N2S/c1-5-8-11-19(4)13-14-20(7-3)23(10-6-2)27-24-18-21(15-16-22(24)26)25-12-9-17-28-25/h7,9-18,27H,5-6,8,26H2,1-4H3/b14-13-,19-11+,20-7+,23-10-. The van der Waals surface area contributed by atoms with Crippen LogP contribution in [0.4, 0.5) is 11.4 Å². The van der Waals surface area contributed by atoms with Gasteiger partial charge in [-0.05, 0) is 61.4 Å². The Hall–Kier alpha value is -2.52. The van der Waals surface area contributed by atoms with Crippen LogP contribution in [0.1, 0.15) is 47.0 Å². The average molecular weight is 393 g/mol. The third kappa shape index (κ3) is 6.28. The van der Waals surface area contributed by atoms with E-state index in [0.29, 0.717) is 0 Å². The monoisotopic (exact) mass is 392 g/mol. The van der Waals surface area contributed by atoms with Gasteiger partial charge in [-0.3, -0.25) is 0 Å². The summed E-state index contributed by atoms with van der Waals surface area (Å²) in [7, 11) is 0. The summed E-state index contributed by atoms with van der Waals surface area (Å²) < 4.78 is 0. The highest BCUT2D eigenvalue weighted by Gasteiger charge is 2.08. The van der Waals surface area contributed by atoms with E-state index < -0.39 is 0 Å². The van der Waals surface area contributed by atoms with Crippen LogP contribution < -0.4 is 11.1 Å². The van der Waals surface area contributed by atoms with Crippen LogP contribution in [0.3, 0.4) is 0 Å². The Kier molecular flexibility index (Phi) is 8.83. The molecule has 3 heteroatoms. The Morgan fingerprint density at radius 3 is 2.61 bits per heavy atom. The highest BCUT2D eigenvalue weighted by Crippen LogP contribution is 2.31. The maximum absolute atomic E-state index is 6.27. The van der Waals surface area contributed by atoms with Crippen LogP contribution in [-0.4, -0.2) is 0 Å². The first kappa shape index (κ1) is 21.8. The number of nitrogens with one attached hydrogen (secondary N) is 1. The Morgan fingerprint density at radius 2 is 1.96 bits per heavy atom. The number of hydrogen-bond acceptors (Lipinski definition) is 3. The summed E-state index contributed by atoms with van der Waals surface area (Å²) in [5.41, 5.74) is 12.7. The first-order valence-corrected chi connectivity index (χ1v) is 10.9. The lowest BCUT2D eigenvalue weighted by Gasteiger charge is -2.15. The minimum atomic E-state index is 0.751. The van der Waals surface area contributed by atoms with Gasteiger partial charge in [-0.15, -0.1) is 11.3 Å². The zero-order chi connectivity index (χ0) is 20.4. The van der Waals surface area contributed by atoms with Crippen LogP contribution in [-0.2, 0) is 0 Å². The molecule has 28 heavy (non-hydrogen) atoms. The molecule has 3 N–H and O–H groups in total. The number of hydrogen-bond donors (Lipinski definition) is 2. The predicted molar refractivity (Wildman–Crippen MR) is 128 cm³/mol. The van der Waals surface area contributed by atoms with Crippen molar-refractivity contribution in [3.8, 4) is 10.4 Å². The van der Waals surface area contributed by atoms with Gasteiger partial charge in [0, 0.05) is 10.6 Å². The molecule has 0 spiro atoms. The van der Waals surface area contributed by atoms with E-state index in [2.05, 4.69) is 93.0 Å². The molecule has 1 aromatic carbocycles. The molecular weight excluding hydrogens is 360 g/mol. The number of nitrogens with two attached hydrogens (primary N) is 1. The lowest BCUT2D eigenvalue weighted by molar-refractivity contribution is 0.952. The number of benzene rings is 1. The largest absolute Gasteiger partial charge is 0.397 e. The number of thiophene rings is 1. The average Bonchev–Trinajstić information content (AvgIpc) is 3.23. The van der Waals surface area contributed by atoms with Gasteiger partial charge in [-0.1, -0.05) is 68.4 Å². The first-order chi connectivity index (χ1) is 13.6. The third-order valence-electron chi connectivity index (χ3n) is 4.44. The molecule has 0 amide bonds. The topological polar surface area (TPSA) is 38.0 Å². The molecule has 2 aromatic rings. The van der Waals surface area contributed by atoms with Gasteiger partial charge in [0.2, 0.25) is 0 Å². The van der Waals surface area contributed by atoms with Crippen molar-refractivity contribution in [2.75, 3.05) is 11.1 Å². The molecule has 0 aliphatic rings. The predicted octanol–water partition coefficient (Wildman–Crippen LogP) is 7.95. The van der Waals surface area contributed by atoms with Gasteiger partial charge >= 0.3 is 0 Å². The number of anilines is 2. The van der Waals surface area contributed by atoms with Gasteiger partial charge in [-0.25, -0.2) is 0 Å². The molecular formula is C25H32N2S. The van der Waals surface area contributed by atoms with E-state index in [9.17, 15) is 0 Å². The molecule has 1 aromatic heterocycles. The Labute approximate surface area is 174 Å². The second-order valence-electron chi connectivity index (χ2n) is 6.74. The lowest BCUT2D eigenvalue weighted by Crippen LogP contribution is -2.04. The van der Waals surface area contributed by atoms with Crippen molar-refractivity contribution in [2.45, 2.75) is 47.0 Å². The number of nitrogen functional groups attached to an aromatic ring is 1. The number of rotatable bonds is 9. The van der Waals surface area contributed by atoms with Crippen molar-refractivity contribution < 1.29 is 0 Å². The molecule has 0 aliphatic carbocycles. The summed E-state index contributed by atoms with van der Waals surface area (Å²) in [6.45, 7) is 8.57. The summed E-state index contributed by atoms with van der Waals surface area (Å²) in [5, 5.41) is 5.67. The molecule has 2 rings (SSSR count). The van der Waals surface area contributed by atoms with Crippen LogP contribution in [0.2, 0.25) is 0 Å². The molecule has 0 fully saturated rings. The zero-order valence-electron chi connectivity index (χ0n) is 17.5. The van der Waals surface area contributed by atoms with E-state index in [1.807, 2.05) is 6.07 Å². The van der Waals surface area contributed by atoms with Crippen molar-refractivity contribution in [3.63, 3.8) is 0 Å². The van der Waals surface area contributed by atoms with Crippen molar-refractivity contribution in [3.05, 3.63) is 82.9 Å². The second kappa shape index (κ2) is 11.4. The molecule has 0 unspecified atom stereocenters. The molecule has 0 atom stereocenters. The summed E-state index contributed by atoms with van der Waals surface area (Å²) in [6.07, 6.45) is 14.2. The molecule has 0 bridgehead atoms. The molecule has 0 radical (unpaired) electrons. The van der Waals surface area contributed by atoms with Gasteiger partial charge in [0.25, 0.3) is 0 Å². The Balaban J connectivity index is 2.28. The number of unbranched alkanes of at least 4 members (excludes halogenated alkanes) is 1. The van der Waals surface area contributed by atoms with E-state index in [1.165, 1.54) is 22.4 Å². The zero-order valence-corrected chi connectivity index (χ0v) is 18.3. The quantitative estimate of drug-likeness (QED) is 0.335. The van der Waals surface area contributed by atoms with Crippen LogP contribution in [0.25, 0.3) is 10.4 Å². The van der Waals surface area contributed by atoms with Gasteiger partial charge < -0.3 is 11.1 Å². The van der Waals surface area contributed by atoms with Crippen molar-refractivity contribution in [2.24, 2.45) is 0 Å². The molecule has 0 aliphatic heterocycles. The molecule has 1 heterocycles. The van der Waals surface area contributed by atoms with Gasteiger partial charge in [-0.2, -0.15) is 0 Å². The minimum Gasteiger partial charge on any atom is -0.397 e. The van der Waals surface area contributed by atoms with Crippen LogP contribution in [0, 0.1) is 0 Å². The van der Waals surface area contributed by atoms with Crippen molar-refractivity contribution >= 4 is 22.7 Å². The van der Waals surface area contributed by atoms with Crippen molar-refractivity contribution in [1.29, 1.82) is 0 Å². The minimum absolute atomic E-state index is 0.751. The maximum atomic E-state index is 6.27. The van der Waals surface area contributed by atoms with E-state index in [1.54, 1.807) is 11.3 Å². The van der Waals surface area contributed by atoms with Gasteiger partial charge in [0.1, 0.15) is 0 Å². The fourth-order valence-electron chi connectivity index (χ4n) is 2.85. The van der Waals surface area contributed by atoms with E-state index in [4.69, 9.17) is 5.73 Å². The molecule has 2 nitrogen and oxygen atoms in total. The maximum Gasteiger partial charge on any atom is 0.0624 e. The lowest BCUT2D eigenvalue weighted by atomic mass is 10.1. The normalized spacial score (nSPS) is 13.4. The highest BCUT2D eigenvalue weighted by molar-refractivity contribution is 7.13. The summed E-state index contributed by atoms with van der Waals surface area (Å²) >= 11 is 1.74. The molecule has 0 saturated carbocycles. The van der Waals surface area contributed by atoms with Crippen LogP contribution >= 0.6 is 11.3 Å². The molecule has 0 saturated heterocycles. The second-order valence-corrected chi connectivity index (χ2v) is 7.69. The van der Waals surface area contributed by atoms with Crippen LogP contribution in [0.15, 0.2) is 82.9 Å². The Bertz CT molecular complexity index is 868. The highest BCUT2D eigenvalue weighted by atomic mass is 32.1. The summed E-state index contributed by atoms with van der Waals surface area (Å²) in [5.74, 6) is 0. The Morgan fingerprint density at radius 1 is 1.14 bits per heavy atom. The summed E-state index contributed by atoms with van der Waals surface area (Å²) in [6, 6.07) is 10.4. The van der Waals surface area contributed by atoms with E-state index >= 15 is 0 Å². The van der Waals surface area contributed by atoms with Gasteiger partial charge in [0.05, 0.1) is 11.4 Å². The third-order valence-corrected chi connectivity index (χ3v) is 5.36. The van der Waals surface area contributed by atoms with Crippen LogP contribution in [0.5, 0.6) is 0 Å². The SMILES string of the molecule is C/C=C(\C=C/C(C)=C/CCC)C(=C/CC)/Nc1cc(-c2cccs2)ccc1N. The van der Waals surface area contributed by atoms with Gasteiger partial charge in [0.15, 0.2) is 0 Å². The smallest absolute Gasteiger partial charge is 0.0624 e. The number of allylic oxidation sites excluding steroid dienone is 6.